The second-order valence-electron chi connectivity index (χ2n) is 5.59. The molecule has 0 unspecified atom stereocenters. The second-order valence-corrected chi connectivity index (χ2v) is 6.68. The summed E-state index contributed by atoms with van der Waals surface area (Å²) in [4.78, 5) is 17.9. The Morgan fingerprint density at radius 3 is 2.75 bits per heavy atom. The smallest absolute Gasteiger partial charge is 0.321 e. The summed E-state index contributed by atoms with van der Waals surface area (Å²) in [5.74, 6) is 1.31. The summed E-state index contributed by atoms with van der Waals surface area (Å²) in [5.41, 5.74) is 2.07. The molecule has 1 heterocycles. The van der Waals surface area contributed by atoms with E-state index in [9.17, 15) is 4.79 Å². The molecule has 0 fully saturated rings. The number of aromatic nitrogens is 1. The molecule has 0 atom stereocenters. The molecule has 7 heteroatoms. The van der Waals surface area contributed by atoms with Crippen LogP contribution < -0.4 is 20.1 Å². The van der Waals surface area contributed by atoms with Crippen molar-refractivity contribution in [3.8, 4) is 11.5 Å². The molecule has 6 nitrogen and oxygen atoms in total. The van der Waals surface area contributed by atoms with Crippen LogP contribution in [0.4, 0.5) is 9.93 Å². The van der Waals surface area contributed by atoms with E-state index in [0.717, 1.165) is 24.1 Å². The summed E-state index contributed by atoms with van der Waals surface area (Å²) < 4.78 is 10.5. The molecule has 0 aliphatic heterocycles. The van der Waals surface area contributed by atoms with Crippen molar-refractivity contribution in [3.63, 3.8) is 0 Å². The number of hydrogen-bond acceptors (Lipinski definition) is 5. The quantitative estimate of drug-likeness (QED) is 0.870. The van der Waals surface area contributed by atoms with Gasteiger partial charge in [-0.3, -0.25) is 5.32 Å². The normalized spacial score (nSPS) is 13.1. The summed E-state index contributed by atoms with van der Waals surface area (Å²) in [5, 5.41) is 6.33. The van der Waals surface area contributed by atoms with Gasteiger partial charge in [0, 0.05) is 11.4 Å². The zero-order valence-corrected chi connectivity index (χ0v) is 14.7. The van der Waals surface area contributed by atoms with E-state index in [2.05, 4.69) is 15.6 Å². The second kappa shape index (κ2) is 7.53. The number of aryl methyl sites for hydroxylation is 2. The number of anilines is 1. The molecule has 0 saturated carbocycles. The Morgan fingerprint density at radius 2 is 2.00 bits per heavy atom. The van der Waals surface area contributed by atoms with Gasteiger partial charge in [0.15, 0.2) is 16.6 Å². The molecule has 1 aliphatic rings. The summed E-state index contributed by atoms with van der Waals surface area (Å²) in [6, 6.07) is 5.31. The molecule has 24 heavy (non-hydrogen) atoms. The van der Waals surface area contributed by atoms with Crippen molar-refractivity contribution in [3.05, 3.63) is 34.3 Å². The molecular formula is C17H21N3O3S. The standard InChI is InChI=1S/C17H21N3O3S/c1-22-13-8-7-11(9-14(13)23-2)10-18-16(21)20-17-19-12-5-3-4-6-15(12)24-17/h7-9H,3-6,10H2,1-2H3,(H2,18,19,20,21). The van der Waals surface area contributed by atoms with Crippen LogP contribution in [0.3, 0.4) is 0 Å². The first-order chi connectivity index (χ1) is 11.7. The Hall–Kier alpha value is -2.28. The highest BCUT2D eigenvalue weighted by molar-refractivity contribution is 7.15. The molecule has 2 N–H and O–H groups in total. The van der Waals surface area contributed by atoms with Crippen LogP contribution in [-0.4, -0.2) is 25.2 Å². The Balaban J connectivity index is 1.56. The Morgan fingerprint density at radius 1 is 1.21 bits per heavy atom. The number of benzene rings is 1. The van der Waals surface area contributed by atoms with E-state index in [0.29, 0.717) is 23.2 Å². The first-order valence-corrected chi connectivity index (χ1v) is 8.75. The lowest BCUT2D eigenvalue weighted by molar-refractivity contribution is 0.251. The van der Waals surface area contributed by atoms with Crippen LogP contribution in [-0.2, 0) is 19.4 Å². The minimum atomic E-state index is -0.254. The van der Waals surface area contributed by atoms with Crippen LogP contribution >= 0.6 is 11.3 Å². The Bertz CT molecular complexity index is 706. The first kappa shape index (κ1) is 16.6. The number of fused-ring (bicyclic) bond motifs is 1. The Kier molecular flexibility index (Phi) is 5.20. The number of carbonyl (C=O) groups is 1. The van der Waals surface area contributed by atoms with E-state index in [1.54, 1.807) is 25.6 Å². The van der Waals surface area contributed by atoms with E-state index in [-0.39, 0.29) is 6.03 Å². The number of nitrogens with one attached hydrogen (secondary N) is 2. The maximum absolute atomic E-state index is 12.1. The largest absolute Gasteiger partial charge is 0.493 e. The number of urea groups is 1. The zero-order valence-electron chi connectivity index (χ0n) is 13.8. The average Bonchev–Trinajstić information content (AvgIpc) is 3.01. The lowest BCUT2D eigenvalue weighted by Crippen LogP contribution is -2.28. The summed E-state index contributed by atoms with van der Waals surface area (Å²) >= 11 is 1.58. The highest BCUT2D eigenvalue weighted by Crippen LogP contribution is 2.29. The van der Waals surface area contributed by atoms with Gasteiger partial charge in [-0.2, -0.15) is 0 Å². The van der Waals surface area contributed by atoms with Gasteiger partial charge in [0.2, 0.25) is 0 Å². The van der Waals surface area contributed by atoms with Crippen LogP contribution in [0, 0.1) is 0 Å². The third-order valence-electron chi connectivity index (χ3n) is 3.97. The van der Waals surface area contributed by atoms with E-state index in [1.165, 1.54) is 17.7 Å². The van der Waals surface area contributed by atoms with Gasteiger partial charge >= 0.3 is 6.03 Å². The molecule has 1 aromatic carbocycles. The number of amides is 2. The van der Waals surface area contributed by atoms with Crippen LogP contribution in [0.2, 0.25) is 0 Å². The van der Waals surface area contributed by atoms with Gasteiger partial charge in [-0.15, -0.1) is 11.3 Å². The molecule has 2 amide bonds. The number of carbonyl (C=O) groups excluding carboxylic acids is 1. The van der Waals surface area contributed by atoms with Crippen molar-refractivity contribution < 1.29 is 14.3 Å². The fourth-order valence-electron chi connectivity index (χ4n) is 2.72. The first-order valence-electron chi connectivity index (χ1n) is 7.94. The van der Waals surface area contributed by atoms with Crippen LogP contribution in [0.15, 0.2) is 18.2 Å². The van der Waals surface area contributed by atoms with Gasteiger partial charge in [-0.1, -0.05) is 6.07 Å². The van der Waals surface area contributed by atoms with E-state index >= 15 is 0 Å². The molecule has 2 aromatic rings. The summed E-state index contributed by atoms with van der Waals surface area (Å²) in [6.07, 6.45) is 4.48. The number of thiazole rings is 1. The fourth-order valence-corrected chi connectivity index (χ4v) is 3.76. The number of rotatable bonds is 5. The summed E-state index contributed by atoms with van der Waals surface area (Å²) in [7, 11) is 3.18. The molecule has 128 valence electrons. The van der Waals surface area contributed by atoms with E-state index in [1.807, 2.05) is 18.2 Å². The lowest BCUT2D eigenvalue weighted by Gasteiger charge is -2.10. The molecule has 1 aromatic heterocycles. The Labute approximate surface area is 145 Å². The molecule has 0 spiro atoms. The van der Waals surface area contributed by atoms with Crippen molar-refractivity contribution >= 4 is 22.5 Å². The monoisotopic (exact) mass is 347 g/mol. The maximum atomic E-state index is 12.1. The predicted molar refractivity (Wildman–Crippen MR) is 94.2 cm³/mol. The number of nitrogens with zero attached hydrogens (tertiary/aromatic N) is 1. The predicted octanol–water partition coefficient (Wildman–Crippen LogP) is 3.36. The molecule has 0 radical (unpaired) electrons. The topological polar surface area (TPSA) is 72.5 Å². The van der Waals surface area contributed by atoms with Gasteiger partial charge < -0.3 is 14.8 Å². The third-order valence-corrected chi connectivity index (χ3v) is 5.04. The van der Waals surface area contributed by atoms with E-state index < -0.39 is 0 Å². The molecule has 0 bridgehead atoms. The summed E-state index contributed by atoms with van der Waals surface area (Å²) in [6.45, 7) is 0.400. The van der Waals surface area contributed by atoms with Gasteiger partial charge in [0.05, 0.1) is 19.9 Å². The van der Waals surface area contributed by atoms with Crippen LogP contribution in [0.5, 0.6) is 11.5 Å². The number of hydrogen-bond donors (Lipinski definition) is 2. The third kappa shape index (κ3) is 3.79. The SMILES string of the molecule is COc1ccc(CNC(=O)Nc2nc3c(s2)CCCC3)cc1OC. The van der Waals surface area contributed by atoms with Gasteiger partial charge in [0.25, 0.3) is 0 Å². The molecule has 0 saturated heterocycles. The van der Waals surface area contributed by atoms with Crippen LogP contribution in [0.25, 0.3) is 0 Å². The van der Waals surface area contributed by atoms with Crippen molar-refractivity contribution in [2.75, 3.05) is 19.5 Å². The molecule has 3 rings (SSSR count). The van der Waals surface area contributed by atoms with Crippen molar-refractivity contribution in [2.24, 2.45) is 0 Å². The van der Waals surface area contributed by atoms with Gasteiger partial charge in [-0.05, 0) is 43.4 Å². The van der Waals surface area contributed by atoms with E-state index in [4.69, 9.17) is 9.47 Å². The maximum Gasteiger partial charge on any atom is 0.321 e. The minimum absolute atomic E-state index is 0.254. The van der Waals surface area contributed by atoms with Crippen LogP contribution in [0.1, 0.15) is 29.0 Å². The number of ether oxygens (including phenoxy) is 2. The zero-order chi connectivity index (χ0) is 16.9. The van der Waals surface area contributed by atoms with Crippen molar-refractivity contribution in [1.82, 2.24) is 10.3 Å². The lowest BCUT2D eigenvalue weighted by atomic mass is 10.0. The van der Waals surface area contributed by atoms with Crippen molar-refractivity contribution in [2.45, 2.75) is 32.2 Å². The van der Waals surface area contributed by atoms with Gasteiger partial charge in [0.1, 0.15) is 0 Å². The highest BCUT2D eigenvalue weighted by atomic mass is 32.1. The van der Waals surface area contributed by atoms with Crippen molar-refractivity contribution in [1.29, 1.82) is 0 Å². The minimum Gasteiger partial charge on any atom is -0.493 e. The molecular weight excluding hydrogens is 326 g/mol. The highest BCUT2D eigenvalue weighted by Gasteiger charge is 2.16. The molecule has 1 aliphatic carbocycles. The number of methoxy groups -OCH3 is 2. The fraction of sp³-hybridized carbons (Fsp3) is 0.412. The van der Waals surface area contributed by atoms with Gasteiger partial charge in [-0.25, -0.2) is 9.78 Å². The average molecular weight is 347 g/mol.